The van der Waals surface area contributed by atoms with Crippen LogP contribution in [0.3, 0.4) is 0 Å². The third kappa shape index (κ3) is 5.70. The van der Waals surface area contributed by atoms with Crippen molar-refractivity contribution in [3.63, 3.8) is 0 Å². The monoisotopic (exact) mass is 437 g/mol. The number of nitrogens with one attached hydrogen (secondary N) is 1. The molecular formula is C24H24FN3O2S. The van der Waals surface area contributed by atoms with Crippen LogP contribution in [-0.4, -0.2) is 48.6 Å². The maximum absolute atomic E-state index is 13.4. The summed E-state index contributed by atoms with van der Waals surface area (Å²) >= 11 is 1.46. The smallest absolute Gasteiger partial charge is 0.254 e. The highest BCUT2D eigenvalue weighted by Crippen LogP contribution is 2.28. The maximum Gasteiger partial charge on any atom is 0.254 e. The normalized spacial score (nSPS) is 15.4. The molecule has 31 heavy (non-hydrogen) atoms. The summed E-state index contributed by atoms with van der Waals surface area (Å²) in [5.41, 5.74) is 1.50. The van der Waals surface area contributed by atoms with Crippen LogP contribution in [0.15, 0.2) is 82.8 Å². The number of hydrogen-bond donors (Lipinski definition) is 1. The fraction of sp³-hybridized carbons (Fsp3) is 0.250. The van der Waals surface area contributed by atoms with Crippen LogP contribution in [0.2, 0.25) is 0 Å². The fourth-order valence-corrected chi connectivity index (χ4v) is 4.46. The van der Waals surface area contributed by atoms with Gasteiger partial charge in [0.1, 0.15) is 10.8 Å². The minimum Gasteiger partial charge on any atom is -0.379 e. The number of ether oxygens (including phenoxy) is 1. The van der Waals surface area contributed by atoms with Gasteiger partial charge in [-0.05, 0) is 42.0 Å². The summed E-state index contributed by atoms with van der Waals surface area (Å²) in [6.07, 6.45) is 1.69. The molecule has 1 amide bonds. The molecule has 2 heterocycles. The number of carbonyl (C=O) groups excluding carboxylic acids is 1. The Morgan fingerprint density at radius 2 is 1.81 bits per heavy atom. The number of hydrogen-bond acceptors (Lipinski definition) is 5. The van der Waals surface area contributed by atoms with Gasteiger partial charge in [0.15, 0.2) is 0 Å². The van der Waals surface area contributed by atoms with Crippen LogP contribution in [0.5, 0.6) is 0 Å². The van der Waals surface area contributed by atoms with Crippen LogP contribution >= 0.6 is 11.8 Å². The second kappa shape index (κ2) is 10.5. The number of halogens is 1. The lowest BCUT2D eigenvalue weighted by molar-refractivity contribution is 0.0162. The number of rotatable bonds is 7. The first-order chi connectivity index (χ1) is 15.2. The summed E-state index contributed by atoms with van der Waals surface area (Å²) in [5.74, 6) is -0.446. The maximum atomic E-state index is 13.4. The van der Waals surface area contributed by atoms with Gasteiger partial charge in [-0.15, -0.1) is 0 Å². The predicted octanol–water partition coefficient (Wildman–Crippen LogP) is 4.18. The Balaban J connectivity index is 1.49. The molecule has 1 saturated heterocycles. The molecule has 1 aliphatic heterocycles. The molecule has 1 atom stereocenters. The summed E-state index contributed by atoms with van der Waals surface area (Å²) in [6, 6.07) is 19.8. The van der Waals surface area contributed by atoms with Crippen LogP contribution in [-0.2, 0) is 4.74 Å². The molecule has 0 saturated carbocycles. The third-order valence-electron chi connectivity index (χ3n) is 5.17. The van der Waals surface area contributed by atoms with Gasteiger partial charge >= 0.3 is 0 Å². The van der Waals surface area contributed by atoms with E-state index in [2.05, 4.69) is 15.2 Å². The molecule has 7 heteroatoms. The largest absolute Gasteiger partial charge is 0.379 e. The zero-order valence-electron chi connectivity index (χ0n) is 17.0. The van der Waals surface area contributed by atoms with E-state index in [9.17, 15) is 9.18 Å². The Hall–Kier alpha value is -2.74. The minimum absolute atomic E-state index is 0.0599. The first-order valence-electron chi connectivity index (χ1n) is 10.2. The van der Waals surface area contributed by atoms with Crippen molar-refractivity contribution in [1.29, 1.82) is 0 Å². The van der Waals surface area contributed by atoms with Crippen molar-refractivity contribution in [3.05, 3.63) is 89.9 Å². The quantitative estimate of drug-likeness (QED) is 0.601. The summed E-state index contributed by atoms with van der Waals surface area (Å²) in [5, 5.41) is 3.73. The van der Waals surface area contributed by atoms with E-state index < -0.39 is 0 Å². The highest BCUT2D eigenvalue weighted by Gasteiger charge is 2.24. The van der Waals surface area contributed by atoms with Crippen LogP contribution in [0.25, 0.3) is 0 Å². The second-order valence-electron chi connectivity index (χ2n) is 7.20. The number of nitrogens with zero attached hydrogens (tertiary/aromatic N) is 2. The second-order valence-corrected chi connectivity index (χ2v) is 8.26. The predicted molar refractivity (Wildman–Crippen MR) is 119 cm³/mol. The van der Waals surface area contributed by atoms with Gasteiger partial charge in [0.2, 0.25) is 0 Å². The van der Waals surface area contributed by atoms with Crippen molar-refractivity contribution in [1.82, 2.24) is 15.2 Å². The van der Waals surface area contributed by atoms with E-state index in [1.165, 1.54) is 23.9 Å². The number of carbonyl (C=O) groups is 1. The standard InChI is InChI=1S/C24H24FN3O2S/c25-19-10-8-18(9-11-19)22(28-13-15-30-16-14-28)17-27-23(29)21-7-4-12-26-24(21)31-20-5-2-1-3-6-20/h1-12,22H,13-17H2,(H,27,29). The zero-order chi connectivity index (χ0) is 21.5. The van der Waals surface area contributed by atoms with E-state index in [1.54, 1.807) is 30.5 Å². The minimum atomic E-state index is -0.272. The van der Waals surface area contributed by atoms with Crippen LogP contribution < -0.4 is 5.32 Å². The van der Waals surface area contributed by atoms with Crippen LogP contribution in [0, 0.1) is 5.82 Å². The topological polar surface area (TPSA) is 54.5 Å². The van der Waals surface area contributed by atoms with Crippen molar-refractivity contribution in [2.75, 3.05) is 32.8 Å². The highest BCUT2D eigenvalue weighted by atomic mass is 32.2. The SMILES string of the molecule is O=C(NCC(c1ccc(F)cc1)N1CCOCC1)c1cccnc1Sc1ccccc1. The lowest BCUT2D eigenvalue weighted by atomic mass is 10.0. The Morgan fingerprint density at radius 3 is 2.55 bits per heavy atom. The Labute approximate surface area is 185 Å². The number of pyridine rings is 1. The van der Waals surface area contributed by atoms with Crippen molar-refractivity contribution >= 4 is 17.7 Å². The molecule has 4 rings (SSSR count). The summed E-state index contributed by atoms with van der Waals surface area (Å²) in [4.78, 5) is 20.8. The molecule has 0 radical (unpaired) electrons. The Kier molecular flexibility index (Phi) is 7.30. The van der Waals surface area contributed by atoms with E-state index in [4.69, 9.17) is 4.74 Å². The van der Waals surface area contributed by atoms with Crippen molar-refractivity contribution in [2.24, 2.45) is 0 Å². The summed E-state index contributed by atoms with van der Waals surface area (Å²) in [6.45, 7) is 3.23. The third-order valence-corrected chi connectivity index (χ3v) is 6.20. The summed E-state index contributed by atoms with van der Waals surface area (Å²) in [7, 11) is 0. The molecule has 5 nitrogen and oxygen atoms in total. The number of aromatic nitrogens is 1. The number of morpholine rings is 1. The highest BCUT2D eigenvalue weighted by molar-refractivity contribution is 7.99. The van der Waals surface area contributed by atoms with Gasteiger partial charge in [-0.1, -0.05) is 42.1 Å². The van der Waals surface area contributed by atoms with Gasteiger partial charge in [-0.25, -0.2) is 9.37 Å². The van der Waals surface area contributed by atoms with Crippen molar-refractivity contribution < 1.29 is 13.9 Å². The van der Waals surface area contributed by atoms with Gasteiger partial charge in [0.25, 0.3) is 5.91 Å². The number of benzene rings is 2. The van der Waals surface area contributed by atoms with Crippen molar-refractivity contribution in [2.45, 2.75) is 16.0 Å². The average Bonchev–Trinajstić information content (AvgIpc) is 2.82. The molecule has 1 N–H and O–H groups in total. The Morgan fingerprint density at radius 1 is 1.06 bits per heavy atom. The van der Waals surface area contributed by atoms with E-state index in [0.717, 1.165) is 23.5 Å². The lowest BCUT2D eigenvalue weighted by Gasteiger charge is -2.35. The first-order valence-corrected chi connectivity index (χ1v) is 11.1. The van der Waals surface area contributed by atoms with Gasteiger partial charge in [-0.2, -0.15) is 0 Å². The van der Waals surface area contributed by atoms with Gasteiger partial charge in [-0.3, -0.25) is 9.69 Å². The molecular weight excluding hydrogens is 413 g/mol. The molecule has 0 aliphatic carbocycles. The molecule has 0 bridgehead atoms. The van der Waals surface area contributed by atoms with E-state index in [1.807, 2.05) is 30.3 Å². The van der Waals surface area contributed by atoms with Crippen LogP contribution in [0.4, 0.5) is 4.39 Å². The molecule has 1 unspecified atom stereocenters. The molecule has 160 valence electrons. The Bertz CT molecular complexity index is 995. The molecule has 1 aliphatic rings. The fourth-order valence-electron chi connectivity index (χ4n) is 3.56. The summed E-state index contributed by atoms with van der Waals surface area (Å²) < 4.78 is 18.9. The van der Waals surface area contributed by atoms with Gasteiger partial charge in [0, 0.05) is 30.7 Å². The van der Waals surface area contributed by atoms with E-state index >= 15 is 0 Å². The number of amides is 1. The van der Waals surface area contributed by atoms with Gasteiger partial charge < -0.3 is 10.1 Å². The molecule has 2 aromatic carbocycles. The van der Waals surface area contributed by atoms with Gasteiger partial charge in [0.05, 0.1) is 24.8 Å². The zero-order valence-corrected chi connectivity index (χ0v) is 17.9. The van der Waals surface area contributed by atoms with Crippen molar-refractivity contribution in [3.8, 4) is 0 Å². The van der Waals surface area contributed by atoms with E-state index in [0.29, 0.717) is 30.3 Å². The molecule has 0 spiro atoms. The van der Waals surface area contributed by atoms with Crippen LogP contribution in [0.1, 0.15) is 22.0 Å². The average molecular weight is 438 g/mol. The first kappa shape index (κ1) is 21.5. The molecule has 3 aromatic rings. The lowest BCUT2D eigenvalue weighted by Crippen LogP contribution is -2.43. The van der Waals surface area contributed by atoms with E-state index in [-0.39, 0.29) is 17.8 Å². The molecule has 1 fully saturated rings. The molecule has 1 aromatic heterocycles.